The van der Waals surface area contributed by atoms with E-state index in [1.807, 2.05) is 11.7 Å². The molecule has 1 aliphatic carbocycles. The first-order chi connectivity index (χ1) is 6.72. The first-order valence-electron chi connectivity index (χ1n) is 5.50. The Morgan fingerprint density at radius 2 is 2.36 bits per heavy atom. The quantitative estimate of drug-likeness (QED) is 0.795. The van der Waals surface area contributed by atoms with Gasteiger partial charge in [-0.1, -0.05) is 13.3 Å². The standard InChI is InChI=1S/C11H19N3/c1-3-9-7-10(14(2)13-9)11(12)8-5-4-6-8/h7-8,11H,3-6,12H2,1-2H3. The zero-order valence-corrected chi connectivity index (χ0v) is 9.03. The van der Waals surface area contributed by atoms with Gasteiger partial charge < -0.3 is 5.73 Å². The highest BCUT2D eigenvalue weighted by Gasteiger charge is 2.27. The molecule has 1 aromatic rings. The number of nitrogens with two attached hydrogens (primary N) is 1. The summed E-state index contributed by atoms with van der Waals surface area (Å²) >= 11 is 0. The maximum atomic E-state index is 6.21. The van der Waals surface area contributed by atoms with Crippen molar-refractivity contribution in [2.45, 2.75) is 38.6 Å². The Morgan fingerprint density at radius 1 is 1.64 bits per heavy atom. The van der Waals surface area contributed by atoms with Gasteiger partial charge in [0.15, 0.2) is 0 Å². The summed E-state index contributed by atoms with van der Waals surface area (Å²) in [5, 5.41) is 4.43. The van der Waals surface area contributed by atoms with Crippen molar-refractivity contribution < 1.29 is 0 Å². The zero-order chi connectivity index (χ0) is 10.1. The van der Waals surface area contributed by atoms with Crippen molar-refractivity contribution in [1.82, 2.24) is 9.78 Å². The van der Waals surface area contributed by atoms with Crippen LogP contribution in [0.3, 0.4) is 0 Å². The van der Waals surface area contributed by atoms with E-state index in [2.05, 4.69) is 18.1 Å². The van der Waals surface area contributed by atoms with E-state index in [1.165, 1.54) is 25.0 Å². The van der Waals surface area contributed by atoms with Crippen molar-refractivity contribution in [2.24, 2.45) is 18.7 Å². The van der Waals surface area contributed by atoms with Crippen molar-refractivity contribution in [3.05, 3.63) is 17.5 Å². The normalized spacial score (nSPS) is 19.4. The molecule has 14 heavy (non-hydrogen) atoms. The fourth-order valence-corrected chi connectivity index (χ4v) is 2.07. The van der Waals surface area contributed by atoms with Gasteiger partial charge in [0.05, 0.1) is 11.4 Å². The summed E-state index contributed by atoms with van der Waals surface area (Å²) < 4.78 is 1.95. The molecule has 1 aromatic heterocycles. The lowest BCUT2D eigenvalue weighted by Crippen LogP contribution is -2.28. The van der Waals surface area contributed by atoms with Crippen LogP contribution >= 0.6 is 0 Å². The van der Waals surface area contributed by atoms with Gasteiger partial charge in [0, 0.05) is 13.1 Å². The summed E-state index contributed by atoms with van der Waals surface area (Å²) in [6.45, 7) is 2.13. The molecule has 2 N–H and O–H groups in total. The van der Waals surface area contributed by atoms with Crippen LogP contribution in [-0.2, 0) is 13.5 Å². The predicted octanol–water partition coefficient (Wildman–Crippen LogP) is 1.78. The summed E-state index contributed by atoms with van der Waals surface area (Å²) in [5.41, 5.74) is 8.56. The third kappa shape index (κ3) is 1.57. The highest BCUT2D eigenvalue weighted by Crippen LogP contribution is 2.36. The van der Waals surface area contributed by atoms with Crippen molar-refractivity contribution in [3.63, 3.8) is 0 Å². The Hall–Kier alpha value is -0.830. The second kappa shape index (κ2) is 3.73. The molecule has 2 rings (SSSR count). The molecule has 0 bridgehead atoms. The molecule has 0 spiro atoms. The van der Waals surface area contributed by atoms with E-state index in [1.54, 1.807) is 0 Å². The van der Waals surface area contributed by atoms with Gasteiger partial charge in [-0.15, -0.1) is 0 Å². The summed E-state index contributed by atoms with van der Waals surface area (Å²) in [6.07, 6.45) is 4.91. The highest BCUT2D eigenvalue weighted by atomic mass is 15.3. The number of hydrogen-bond acceptors (Lipinski definition) is 2. The molecular formula is C11H19N3. The molecule has 1 fully saturated rings. The second-order valence-electron chi connectivity index (χ2n) is 4.25. The monoisotopic (exact) mass is 193 g/mol. The van der Waals surface area contributed by atoms with E-state index in [0.717, 1.165) is 12.1 Å². The molecule has 3 nitrogen and oxygen atoms in total. The molecule has 0 aliphatic heterocycles. The SMILES string of the molecule is CCc1cc(C(N)C2CCC2)n(C)n1. The summed E-state index contributed by atoms with van der Waals surface area (Å²) in [6, 6.07) is 2.35. The molecule has 1 saturated carbocycles. The molecule has 1 aliphatic rings. The van der Waals surface area contributed by atoms with Crippen molar-refractivity contribution >= 4 is 0 Å². The van der Waals surface area contributed by atoms with Crippen LogP contribution in [0.25, 0.3) is 0 Å². The average molecular weight is 193 g/mol. The van der Waals surface area contributed by atoms with Crippen LogP contribution in [0.1, 0.15) is 43.6 Å². The number of aromatic nitrogens is 2. The molecule has 0 saturated heterocycles. The van der Waals surface area contributed by atoms with Gasteiger partial charge in [0.2, 0.25) is 0 Å². The van der Waals surface area contributed by atoms with Crippen LogP contribution in [-0.4, -0.2) is 9.78 Å². The van der Waals surface area contributed by atoms with Gasteiger partial charge in [0.1, 0.15) is 0 Å². The molecule has 0 radical (unpaired) electrons. The van der Waals surface area contributed by atoms with Gasteiger partial charge >= 0.3 is 0 Å². The lowest BCUT2D eigenvalue weighted by Gasteiger charge is -2.31. The number of nitrogens with zero attached hydrogens (tertiary/aromatic N) is 2. The number of rotatable bonds is 3. The minimum Gasteiger partial charge on any atom is -0.322 e. The fourth-order valence-electron chi connectivity index (χ4n) is 2.07. The summed E-state index contributed by atoms with van der Waals surface area (Å²) in [5.74, 6) is 0.690. The summed E-state index contributed by atoms with van der Waals surface area (Å²) in [7, 11) is 1.99. The van der Waals surface area contributed by atoms with Crippen LogP contribution in [0.2, 0.25) is 0 Å². The van der Waals surface area contributed by atoms with Gasteiger partial charge in [0.25, 0.3) is 0 Å². The minimum atomic E-state index is 0.196. The second-order valence-corrected chi connectivity index (χ2v) is 4.25. The topological polar surface area (TPSA) is 43.8 Å². The fraction of sp³-hybridized carbons (Fsp3) is 0.727. The van der Waals surface area contributed by atoms with Gasteiger partial charge in [-0.2, -0.15) is 5.10 Å². The number of hydrogen-bond donors (Lipinski definition) is 1. The zero-order valence-electron chi connectivity index (χ0n) is 9.03. The van der Waals surface area contributed by atoms with E-state index in [4.69, 9.17) is 5.73 Å². The molecule has 78 valence electrons. The maximum Gasteiger partial charge on any atom is 0.0625 e. The third-order valence-electron chi connectivity index (χ3n) is 3.33. The Labute approximate surface area is 85.3 Å². The van der Waals surface area contributed by atoms with Crippen LogP contribution in [0.5, 0.6) is 0 Å². The maximum absolute atomic E-state index is 6.21. The van der Waals surface area contributed by atoms with Crippen molar-refractivity contribution in [1.29, 1.82) is 0 Å². The molecule has 0 amide bonds. The Morgan fingerprint density at radius 3 is 2.79 bits per heavy atom. The van der Waals surface area contributed by atoms with Crippen LogP contribution in [0.15, 0.2) is 6.07 Å². The Kier molecular flexibility index (Phi) is 2.59. The molecule has 0 aromatic carbocycles. The first kappa shape index (κ1) is 9.71. The predicted molar refractivity (Wildman–Crippen MR) is 56.9 cm³/mol. The smallest absolute Gasteiger partial charge is 0.0625 e. The highest BCUT2D eigenvalue weighted by molar-refractivity contribution is 5.15. The minimum absolute atomic E-state index is 0.196. The molecule has 1 unspecified atom stereocenters. The molecule has 1 heterocycles. The average Bonchev–Trinajstić information content (AvgIpc) is 2.43. The van der Waals surface area contributed by atoms with E-state index in [-0.39, 0.29) is 6.04 Å². The summed E-state index contributed by atoms with van der Waals surface area (Å²) in [4.78, 5) is 0. The van der Waals surface area contributed by atoms with E-state index >= 15 is 0 Å². The van der Waals surface area contributed by atoms with Crippen molar-refractivity contribution in [2.75, 3.05) is 0 Å². The third-order valence-corrected chi connectivity index (χ3v) is 3.33. The molecular weight excluding hydrogens is 174 g/mol. The van der Waals surface area contributed by atoms with Crippen molar-refractivity contribution in [3.8, 4) is 0 Å². The van der Waals surface area contributed by atoms with E-state index in [9.17, 15) is 0 Å². The Bertz CT molecular complexity index is 312. The molecule has 1 atom stereocenters. The molecule has 3 heteroatoms. The lowest BCUT2D eigenvalue weighted by atomic mass is 9.79. The van der Waals surface area contributed by atoms with Crippen LogP contribution in [0.4, 0.5) is 0 Å². The lowest BCUT2D eigenvalue weighted by molar-refractivity contribution is 0.257. The first-order valence-corrected chi connectivity index (χ1v) is 5.50. The van der Waals surface area contributed by atoms with Gasteiger partial charge in [-0.3, -0.25) is 4.68 Å². The largest absolute Gasteiger partial charge is 0.322 e. The van der Waals surface area contributed by atoms with Gasteiger partial charge in [-0.25, -0.2) is 0 Å². The van der Waals surface area contributed by atoms with E-state index < -0.39 is 0 Å². The van der Waals surface area contributed by atoms with E-state index in [0.29, 0.717) is 5.92 Å². The van der Waals surface area contributed by atoms with Crippen LogP contribution in [0, 0.1) is 5.92 Å². The van der Waals surface area contributed by atoms with Crippen LogP contribution < -0.4 is 5.73 Å². The van der Waals surface area contributed by atoms with Gasteiger partial charge in [-0.05, 0) is 31.2 Å². The Balaban J connectivity index is 2.17. The number of aryl methyl sites for hydroxylation is 2.